The summed E-state index contributed by atoms with van der Waals surface area (Å²) in [6.07, 6.45) is 3.44. The van der Waals surface area contributed by atoms with Gasteiger partial charge < -0.3 is 4.74 Å². The second-order valence-corrected chi connectivity index (χ2v) is 6.30. The van der Waals surface area contributed by atoms with Crippen LogP contribution in [0.4, 0.5) is 0 Å². The maximum Gasteiger partial charge on any atom is 0.185 e. The number of benzene rings is 2. The third-order valence-electron chi connectivity index (χ3n) is 3.56. The number of rotatable bonds is 4. The molecular formula is C20H22O2. The molecular weight excluding hydrogens is 272 g/mol. The molecule has 0 radical (unpaired) electrons. The van der Waals surface area contributed by atoms with Crippen LogP contribution in [0.1, 0.15) is 42.3 Å². The van der Waals surface area contributed by atoms with Gasteiger partial charge in [0.25, 0.3) is 0 Å². The third kappa shape index (κ3) is 4.08. The van der Waals surface area contributed by atoms with E-state index in [2.05, 4.69) is 32.9 Å². The van der Waals surface area contributed by atoms with Gasteiger partial charge >= 0.3 is 0 Å². The van der Waals surface area contributed by atoms with Crippen molar-refractivity contribution in [2.75, 3.05) is 7.11 Å². The van der Waals surface area contributed by atoms with Crippen LogP contribution in [0.25, 0.3) is 6.08 Å². The molecule has 0 saturated heterocycles. The zero-order valence-electron chi connectivity index (χ0n) is 13.6. The van der Waals surface area contributed by atoms with Crippen LogP contribution in [-0.2, 0) is 5.41 Å². The lowest BCUT2D eigenvalue weighted by Gasteiger charge is -2.18. The first-order valence-electron chi connectivity index (χ1n) is 7.37. The van der Waals surface area contributed by atoms with E-state index in [4.69, 9.17) is 4.74 Å². The molecule has 2 aromatic carbocycles. The number of ketones is 1. The Balaban J connectivity index is 2.12. The molecule has 0 atom stereocenters. The second-order valence-electron chi connectivity index (χ2n) is 6.30. The lowest BCUT2D eigenvalue weighted by Crippen LogP contribution is -2.10. The van der Waals surface area contributed by atoms with E-state index >= 15 is 0 Å². The first kappa shape index (κ1) is 16.0. The highest BCUT2D eigenvalue weighted by Gasteiger charge is 2.12. The van der Waals surface area contributed by atoms with Crippen molar-refractivity contribution < 1.29 is 9.53 Å². The molecule has 0 saturated carbocycles. The SMILES string of the molecule is COc1cccc(C(=O)/C=C/c2ccc(C(C)(C)C)cc2)c1. The van der Waals surface area contributed by atoms with E-state index in [9.17, 15) is 4.79 Å². The van der Waals surface area contributed by atoms with Crippen molar-refractivity contribution >= 4 is 11.9 Å². The van der Waals surface area contributed by atoms with E-state index in [1.54, 1.807) is 25.3 Å². The van der Waals surface area contributed by atoms with Gasteiger partial charge in [-0.1, -0.05) is 63.2 Å². The zero-order valence-corrected chi connectivity index (χ0v) is 13.6. The number of ether oxygens (including phenoxy) is 1. The quantitative estimate of drug-likeness (QED) is 0.593. The first-order chi connectivity index (χ1) is 10.4. The van der Waals surface area contributed by atoms with E-state index in [1.165, 1.54) is 5.56 Å². The van der Waals surface area contributed by atoms with Gasteiger partial charge in [-0.15, -0.1) is 0 Å². The van der Waals surface area contributed by atoms with E-state index in [0.29, 0.717) is 11.3 Å². The molecule has 2 rings (SSSR count). The van der Waals surface area contributed by atoms with Crippen LogP contribution in [-0.4, -0.2) is 12.9 Å². The molecule has 0 aliphatic rings. The van der Waals surface area contributed by atoms with Crippen molar-refractivity contribution in [2.24, 2.45) is 0 Å². The Morgan fingerprint density at radius 1 is 1.05 bits per heavy atom. The molecule has 2 nitrogen and oxygen atoms in total. The summed E-state index contributed by atoms with van der Waals surface area (Å²) in [7, 11) is 1.59. The van der Waals surface area contributed by atoms with Crippen LogP contribution in [0.3, 0.4) is 0 Å². The Morgan fingerprint density at radius 2 is 1.73 bits per heavy atom. The summed E-state index contributed by atoms with van der Waals surface area (Å²) in [5.74, 6) is 0.660. The zero-order chi connectivity index (χ0) is 16.2. The van der Waals surface area contributed by atoms with Crippen molar-refractivity contribution in [3.8, 4) is 5.75 Å². The molecule has 0 spiro atoms. The minimum absolute atomic E-state index is 0.0289. The van der Waals surface area contributed by atoms with Crippen LogP contribution in [0.2, 0.25) is 0 Å². The average molecular weight is 294 g/mol. The van der Waals surface area contributed by atoms with Gasteiger partial charge in [-0.2, -0.15) is 0 Å². The number of methoxy groups -OCH3 is 1. The molecule has 0 aliphatic heterocycles. The monoisotopic (exact) mass is 294 g/mol. The summed E-state index contributed by atoms with van der Waals surface area (Å²) in [6.45, 7) is 6.55. The standard InChI is InChI=1S/C20H22O2/c1-20(2,3)17-11-8-15(9-12-17)10-13-19(21)16-6-5-7-18(14-16)22-4/h5-14H,1-4H3/b13-10+. The Bertz CT molecular complexity index is 674. The number of carbonyl (C=O) groups excluding carboxylic acids is 1. The molecule has 0 amide bonds. The molecule has 0 bridgehead atoms. The van der Waals surface area contributed by atoms with Gasteiger partial charge in [-0.05, 0) is 34.8 Å². The fourth-order valence-corrected chi connectivity index (χ4v) is 2.14. The summed E-state index contributed by atoms with van der Waals surface area (Å²) in [6, 6.07) is 15.5. The van der Waals surface area contributed by atoms with Crippen LogP contribution >= 0.6 is 0 Å². The highest BCUT2D eigenvalue weighted by Crippen LogP contribution is 2.22. The predicted octanol–water partition coefficient (Wildman–Crippen LogP) is 4.89. The van der Waals surface area contributed by atoms with Crippen LogP contribution in [0.15, 0.2) is 54.6 Å². The maximum absolute atomic E-state index is 12.2. The second kappa shape index (κ2) is 6.61. The predicted molar refractivity (Wildman–Crippen MR) is 91.5 cm³/mol. The molecule has 2 heteroatoms. The highest BCUT2D eigenvalue weighted by molar-refractivity contribution is 6.07. The molecule has 0 aromatic heterocycles. The Labute approximate surface area is 132 Å². The van der Waals surface area contributed by atoms with Crippen molar-refractivity contribution in [3.05, 3.63) is 71.3 Å². The van der Waals surface area contributed by atoms with Crippen LogP contribution in [0.5, 0.6) is 5.75 Å². The molecule has 22 heavy (non-hydrogen) atoms. The Kier molecular flexibility index (Phi) is 4.81. The maximum atomic E-state index is 12.2. The summed E-state index contributed by atoms with van der Waals surface area (Å²) in [5, 5.41) is 0. The summed E-state index contributed by atoms with van der Waals surface area (Å²) in [4.78, 5) is 12.2. The normalized spacial score (nSPS) is 11.6. The molecule has 0 heterocycles. The van der Waals surface area contributed by atoms with E-state index in [0.717, 1.165) is 5.56 Å². The number of allylic oxidation sites excluding steroid dienone is 1. The highest BCUT2D eigenvalue weighted by atomic mass is 16.5. The molecule has 0 fully saturated rings. The molecule has 0 unspecified atom stereocenters. The number of hydrogen-bond donors (Lipinski definition) is 0. The first-order valence-corrected chi connectivity index (χ1v) is 7.37. The fourth-order valence-electron chi connectivity index (χ4n) is 2.14. The smallest absolute Gasteiger partial charge is 0.185 e. The van der Waals surface area contributed by atoms with Gasteiger partial charge in [0.05, 0.1) is 7.11 Å². The van der Waals surface area contributed by atoms with Gasteiger partial charge in [0.15, 0.2) is 5.78 Å². The Morgan fingerprint density at radius 3 is 2.32 bits per heavy atom. The number of hydrogen-bond acceptors (Lipinski definition) is 2. The van der Waals surface area contributed by atoms with Crippen molar-refractivity contribution in [1.29, 1.82) is 0 Å². The molecule has 0 aliphatic carbocycles. The largest absolute Gasteiger partial charge is 0.497 e. The fraction of sp³-hybridized carbons (Fsp3) is 0.250. The molecule has 0 N–H and O–H groups in total. The van der Waals surface area contributed by atoms with Crippen molar-refractivity contribution in [2.45, 2.75) is 26.2 Å². The Hall–Kier alpha value is -2.35. The van der Waals surface area contributed by atoms with Gasteiger partial charge in [-0.25, -0.2) is 0 Å². The average Bonchev–Trinajstić information content (AvgIpc) is 2.52. The minimum atomic E-state index is -0.0289. The van der Waals surface area contributed by atoms with Crippen molar-refractivity contribution in [3.63, 3.8) is 0 Å². The van der Waals surface area contributed by atoms with Gasteiger partial charge in [-0.3, -0.25) is 4.79 Å². The van der Waals surface area contributed by atoms with Crippen molar-refractivity contribution in [1.82, 2.24) is 0 Å². The summed E-state index contributed by atoms with van der Waals surface area (Å²) < 4.78 is 5.14. The van der Waals surface area contributed by atoms with Gasteiger partial charge in [0, 0.05) is 5.56 Å². The van der Waals surface area contributed by atoms with Gasteiger partial charge in [0.1, 0.15) is 5.75 Å². The van der Waals surface area contributed by atoms with E-state index < -0.39 is 0 Å². The van der Waals surface area contributed by atoms with Crippen LogP contribution in [0, 0.1) is 0 Å². The lowest BCUT2D eigenvalue weighted by molar-refractivity contribution is 0.104. The molecule has 2 aromatic rings. The summed E-state index contributed by atoms with van der Waals surface area (Å²) >= 11 is 0. The van der Waals surface area contributed by atoms with Crippen LogP contribution < -0.4 is 4.74 Å². The van der Waals surface area contributed by atoms with Gasteiger partial charge in [0.2, 0.25) is 0 Å². The number of carbonyl (C=O) groups is 1. The van der Waals surface area contributed by atoms with E-state index in [-0.39, 0.29) is 11.2 Å². The molecule has 114 valence electrons. The van der Waals surface area contributed by atoms with E-state index in [1.807, 2.05) is 30.3 Å². The third-order valence-corrected chi connectivity index (χ3v) is 3.56. The summed E-state index contributed by atoms with van der Waals surface area (Å²) in [5.41, 5.74) is 3.06. The minimum Gasteiger partial charge on any atom is -0.497 e. The lowest BCUT2D eigenvalue weighted by atomic mass is 9.87. The topological polar surface area (TPSA) is 26.3 Å².